The molecule has 0 saturated carbocycles. The Morgan fingerprint density at radius 3 is 2.35 bits per heavy atom. The highest BCUT2D eigenvalue weighted by Gasteiger charge is 2.10. The zero-order chi connectivity index (χ0) is 19.3. The van der Waals surface area contributed by atoms with E-state index < -0.39 is 0 Å². The molecule has 0 heterocycles. The van der Waals surface area contributed by atoms with Crippen LogP contribution in [-0.2, 0) is 4.79 Å². The molecule has 4 nitrogen and oxygen atoms in total. The summed E-state index contributed by atoms with van der Waals surface area (Å²) in [6.45, 7) is 12.3. The minimum Gasteiger partial charge on any atom is -0.483 e. The van der Waals surface area contributed by atoms with E-state index in [4.69, 9.17) is 4.74 Å². The van der Waals surface area contributed by atoms with E-state index in [1.54, 1.807) is 6.21 Å². The fraction of sp³-hybridized carbons (Fsp3) is 0.364. The topological polar surface area (TPSA) is 50.7 Å². The second-order valence-electron chi connectivity index (χ2n) is 7.09. The van der Waals surface area contributed by atoms with Crippen molar-refractivity contribution in [3.63, 3.8) is 0 Å². The van der Waals surface area contributed by atoms with Crippen LogP contribution in [0.5, 0.6) is 5.75 Å². The maximum Gasteiger partial charge on any atom is 0.277 e. The third-order valence-corrected chi connectivity index (χ3v) is 4.27. The van der Waals surface area contributed by atoms with Gasteiger partial charge >= 0.3 is 0 Å². The van der Waals surface area contributed by atoms with E-state index in [1.807, 2.05) is 32.9 Å². The van der Waals surface area contributed by atoms with Crippen molar-refractivity contribution in [2.45, 2.75) is 47.5 Å². The third-order valence-electron chi connectivity index (χ3n) is 4.27. The number of rotatable bonds is 6. The zero-order valence-electron chi connectivity index (χ0n) is 16.5. The number of nitrogens with zero attached hydrogens (tertiary/aromatic N) is 1. The average molecular weight is 352 g/mol. The summed E-state index contributed by atoms with van der Waals surface area (Å²) in [4.78, 5) is 12.0. The standard InChI is InChI=1S/C22H28N2O2/c1-14(2)19-8-7-15(3)11-21(19)26-13-22(25)24-23-12-20-17(5)9-16(4)10-18(20)6/h7-12,14H,13H2,1-6H3,(H,24,25)/b23-12-. The molecule has 0 aliphatic heterocycles. The summed E-state index contributed by atoms with van der Waals surface area (Å²) in [5.74, 6) is 0.809. The minimum atomic E-state index is -0.278. The van der Waals surface area contributed by atoms with Crippen LogP contribution in [-0.4, -0.2) is 18.7 Å². The Bertz CT molecular complexity index is 800. The molecule has 0 fully saturated rings. The van der Waals surface area contributed by atoms with Crippen molar-refractivity contribution in [2.75, 3.05) is 6.61 Å². The van der Waals surface area contributed by atoms with Gasteiger partial charge in [-0.05, 0) is 61.9 Å². The summed E-state index contributed by atoms with van der Waals surface area (Å²) >= 11 is 0. The van der Waals surface area contributed by atoms with Gasteiger partial charge in [0.05, 0.1) is 6.21 Å². The molecule has 0 unspecified atom stereocenters. The number of hydrogen-bond acceptors (Lipinski definition) is 3. The van der Waals surface area contributed by atoms with Crippen molar-refractivity contribution in [3.8, 4) is 5.75 Å². The fourth-order valence-corrected chi connectivity index (χ4v) is 2.98. The van der Waals surface area contributed by atoms with Gasteiger partial charge < -0.3 is 4.74 Å². The number of hydrazone groups is 1. The van der Waals surface area contributed by atoms with Crippen LogP contribution >= 0.6 is 0 Å². The van der Waals surface area contributed by atoms with Gasteiger partial charge in [0.1, 0.15) is 5.75 Å². The number of benzene rings is 2. The molecule has 2 rings (SSSR count). The van der Waals surface area contributed by atoms with Crippen molar-refractivity contribution in [3.05, 3.63) is 63.7 Å². The highest BCUT2D eigenvalue weighted by molar-refractivity contribution is 5.85. The average Bonchev–Trinajstić information content (AvgIpc) is 2.55. The maximum atomic E-state index is 12.0. The van der Waals surface area contributed by atoms with E-state index in [9.17, 15) is 4.79 Å². The van der Waals surface area contributed by atoms with Gasteiger partial charge in [-0.2, -0.15) is 5.10 Å². The second-order valence-corrected chi connectivity index (χ2v) is 7.09. The first-order chi connectivity index (χ1) is 12.3. The molecular weight excluding hydrogens is 324 g/mol. The molecule has 0 aromatic heterocycles. The molecule has 4 heteroatoms. The van der Waals surface area contributed by atoms with Gasteiger partial charge in [-0.1, -0.05) is 43.7 Å². The number of carbonyl (C=O) groups excluding carboxylic acids is 1. The molecule has 1 amide bonds. The van der Waals surface area contributed by atoms with Crippen LogP contribution in [0.1, 0.15) is 53.1 Å². The van der Waals surface area contributed by atoms with Crippen molar-refractivity contribution in [1.82, 2.24) is 5.43 Å². The molecule has 26 heavy (non-hydrogen) atoms. The summed E-state index contributed by atoms with van der Waals surface area (Å²) in [6.07, 6.45) is 1.69. The monoisotopic (exact) mass is 352 g/mol. The van der Waals surface area contributed by atoms with Gasteiger partial charge in [-0.15, -0.1) is 0 Å². The molecule has 0 aliphatic rings. The number of hydrogen-bond donors (Lipinski definition) is 1. The predicted molar refractivity (Wildman–Crippen MR) is 107 cm³/mol. The summed E-state index contributed by atoms with van der Waals surface area (Å²) < 4.78 is 5.72. The van der Waals surface area contributed by atoms with E-state index in [0.29, 0.717) is 5.92 Å². The quantitative estimate of drug-likeness (QED) is 0.611. The molecule has 0 aliphatic carbocycles. The van der Waals surface area contributed by atoms with Crippen LogP contribution in [0.25, 0.3) is 0 Å². The van der Waals surface area contributed by atoms with Gasteiger partial charge in [-0.25, -0.2) is 5.43 Å². The Hall–Kier alpha value is -2.62. The molecule has 0 radical (unpaired) electrons. The molecule has 0 bridgehead atoms. The molecule has 0 atom stereocenters. The number of carbonyl (C=O) groups is 1. The smallest absolute Gasteiger partial charge is 0.277 e. The Morgan fingerprint density at radius 1 is 1.08 bits per heavy atom. The number of aryl methyl sites for hydroxylation is 4. The Kier molecular flexibility index (Phi) is 6.56. The van der Waals surface area contributed by atoms with Crippen LogP contribution in [0.4, 0.5) is 0 Å². The molecule has 1 N–H and O–H groups in total. The largest absolute Gasteiger partial charge is 0.483 e. The van der Waals surface area contributed by atoms with E-state index in [2.05, 4.69) is 49.5 Å². The van der Waals surface area contributed by atoms with Crippen molar-refractivity contribution in [1.29, 1.82) is 0 Å². The molecule has 2 aromatic rings. The van der Waals surface area contributed by atoms with Crippen molar-refractivity contribution >= 4 is 12.1 Å². The molecular formula is C22H28N2O2. The number of nitrogens with one attached hydrogen (secondary N) is 1. The van der Waals surface area contributed by atoms with Crippen LogP contribution in [0.2, 0.25) is 0 Å². The van der Waals surface area contributed by atoms with Gasteiger partial charge in [-0.3, -0.25) is 4.79 Å². The summed E-state index contributed by atoms with van der Waals surface area (Å²) in [6, 6.07) is 10.3. The molecule has 138 valence electrons. The lowest BCUT2D eigenvalue weighted by Crippen LogP contribution is -2.25. The van der Waals surface area contributed by atoms with Gasteiger partial charge in [0.15, 0.2) is 6.61 Å². The Balaban J connectivity index is 1.97. The first-order valence-electron chi connectivity index (χ1n) is 8.91. The van der Waals surface area contributed by atoms with Gasteiger partial charge in [0, 0.05) is 5.56 Å². The lowest BCUT2D eigenvalue weighted by Gasteiger charge is -2.14. The summed E-state index contributed by atoms with van der Waals surface area (Å²) in [5.41, 5.74) is 9.26. The SMILES string of the molecule is Cc1cc(C)c(/C=N\NC(=O)COc2cc(C)ccc2C(C)C)c(C)c1. The number of ether oxygens (including phenoxy) is 1. The number of amides is 1. The van der Waals surface area contributed by atoms with Crippen LogP contribution in [0.15, 0.2) is 35.4 Å². The van der Waals surface area contributed by atoms with E-state index in [1.165, 1.54) is 5.56 Å². The first kappa shape index (κ1) is 19.7. The van der Waals surface area contributed by atoms with Crippen molar-refractivity contribution < 1.29 is 9.53 Å². The lowest BCUT2D eigenvalue weighted by atomic mass is 10.0. The maximum absolute atomic E-state index is 12.0. The minimum absolute atomic E-state index is 0.0631. The summed E-state index contributed by atoms with van der Waals surface area (Å²) in [5, 5.41) is 4.08. The third kappa shape index (κ3) is 5.19. The van der Waals surface area contributed by atoms with E-state index in [0.717, 1.165) is 33.6 Å². The van der Waals surface area contributed by atoms with Crippen LogP contribution in [0, 0.1) is 27.7 Å². The Morgan fingerprint density at radius 2 is 1.73 bits per heavy atom. The van der Waals surface area contributed by atoms with E-state index >= 15 is 0 Å². The van der Waals surface area contributed by atoms with Gasteiger partial charge in [0.25, 0.3) is 5.91 Å². The van der Waals surface area contributed by atoms with Gasteiger partial charge in [0.2, 0.25) is 0 Å². The Labute approximate surface area is 156 Å². The van der Waals surface area contributed by atoms with Crippen LogP contribution < -0.4 is 10.2 Å². The molecule has 2 aromatic carbocycles. The lowest BCUT2D eigenvalue weighted by molar-refractivity contribution is -0.123. The van der Waals surface area contributed by atoms with Crippen LogP contribution in [0.3, 0.4) is 0 Å². The molecule has 0 saturated heterocycles. The highest BCUT2D eigenvalue weighted by Crippen LogP contribution is 2.27. The van der Waals surface area contributed by atoms with Crippen molar-refractivity contribution in [2.24, 2.45) is 5.10 Å². The summed E-state index contributed by atoms with van der Waals surface area (Å²) in [7, 11) is 0. The normalized spacial score (nSPS) is 11.2. The first-order valence-corrected chi connectivity index (χ1v) is 8.91. The highest BCUT2D eigenvalue weighted by atomic mass is 16.5. The fourth-order valence-electron chi connectivity index (χ4n) is 2.98. The second kappa shape index (κ2) is 8.65. The van der Waals surface area contributed by atoms with E-state index in [-0.39, 0.29) is 12.5 Å². The molecule has 0 spiro atoms. The zero-order valence-corrected chi connectivity index (χ0v) is 16.5. The predicted octanol–water partition coefficient (Wildman–Crippen LogP) is 4.57.